The quantitative estimate of drug-likeness (QED) is 0.356. The summed E-state index contributed by atoms with van der Waals surface area (Å²) in [5, 5.41) is 9.43. The largest absolute Gasteiger partial charge is 0.492 e. The van der Waals surface area contributed by atoms with Gasteiger partial charge in [0.15, 0.2) is 5.75 Å². The first-order valence-electron chi connectivity index (χ1n) is 11.9. The zero-order valence-corrected chi connectivity index (χ0v) is 23.5. The number of carbonyl (C=O) groups excluding carboxylic acids is 2. The van der Waals surface area contributed by atoms with Crippen molar-refractivity contribution in [3.05, 3.63) is 65.0 Å². The zero-order chi connectivity index (χ0) is 30.0. The number of anilines is 2. The summed E-state index contributed by atoms with van der Waals surface area (Å²) in [6.45, 7) is 8.15. The third-order valence-corrected chi connectivity index (χ3v) is 6.10. The van der Waals surface area contributed by atoms with E-state index in [9.17, 15) is 31.2 Å². The Bertz CT molecular complexity index is 1540. The third kappa shape index (κ3) is 7.74. The van der Waals surface area contributed by atoms with E-state index in [-0.39, 0.29) is 22.6 Å². The number of nitrogens with zero attached hydrogens (tertiary/aromatic N) is 2. The Kier molecular flexibility index (Phi) is 8.53. The maximum atomic E-state index is 13.6. The Morgan fingerprint density at radius 1 is 1.02 bits per heavy atom. The first-order valence-corrected chi connectivity index (χ1v) is 13.8. The second-order valence-electron chi connectivity index (χ2n) is 10.3. The van der Waals surface area contributed by atoms with E-state index in [0.717, 1.165) is 13.4 Å². The fraction of sp³-hybridized carbons (Fsp3) is 0.346. The molecule has 0 spiro atoms. The molecule has 10 nitrogen and oxygen atoms in total. The molecule has 2 aromatic carbocycles. The predicted molar refractivity (Wildman–Crippen MR) is 145 cm³/mol. The summed E-state index contributed by atoms with van der Waals surface area (Å²) in [5.74, 6) is -1.42. The molecule has 0 saturated carbocycles. The minimum atomic E-state index is -4.84. The van der Waals surface area contributed by atoms with Gasteiger partial charge in [0.1, 0.15) is 0 Å². The lowest BCUT2D eigenvalue weighted by Gasteiger charge is -2.18. The van der Waals surface area contributed by atoms with Gasteiger partial charge in [0.25, 0.3) is 11.8 Å². The minimum Gasteiger partial charge on any atom is -0.492 e. The standard InChI is InChI=1S/C26H30F3N5O5S/c1-15-7-8-16(9-21(15)34-13-17(12-31-34)23(35)30-14-25(2,3)4)24(36)32-19-10-18(26(27,28)29)11-20(22(19)39-5)33-40(6,37)38/h7-13,33H,14H2,1-6H3,(H,30,35)(H,32,36). The SMILES string of the molecule is COc1c(NC(=O)c2ccc(C)c(-n3cc(C(=O)NCC(C)(C)C)cn3)c2)cc(C(F)(F)F)cc1NS(C)(=O)=O. The van der Waals surface area contributed by atoms with Crippen LogP contribution in [0.4, 0.5) is 24.5 Å². The summed E-state index contributed by atoms with van der Waals surface area (Å²) in [5.41, 5.74) is -0.678. The first kappa shape index (κ1) is 30.5. The van der Waals surface area contributed by atoms with E-state index in [1.165, 1.54) is 29.2 Å². The van der Waals surface area contributed by atoms with E-state index in [1.807, 2.05) is 25.5 Å². The first-order chi connectivity index (χ1) is 18.4. The number of amides is 2. The number of carbonyl (C=O) groups is 2. The summed E-state index contributed by atoms with van der Waals surface area (Å²) in [6, 6.07) is 5.77. The molecule has 1 heterocycles. The molecule has 0 radical (unpaired) electrons. The number of methoxy groups -OCH3 is 1. The van der Waals surface area contributed by atoms with E-state index in [0.29, 0.717) is 35.5 Å². The van der Waals surface area contributed by atoms with Crippen LogP contribution in [0.2, 0.25) is 0 Å². The Balaban J connectivity index is 1.95. The molecule has 40 heavy (non-hydrogen) atoms. The van der Waals surface area contributed by atoms with Crippen molar-refractivity contribution in [2.24, 2.45) is 5.41 Å². The van der Waals surface area contributed by atoms with Crippen LogP contribution in [-0.2, 0) is 16.2 Å². The third-order valence-electron chi connectivity index (χ3n) is 5.51. The van der Waals surface area contributed by atoms with Gasteiger partial charge < -0.3 is 15.4 Å². The lowest BCUT2D eigenvalue weighted by molar-refractivity contribution is -0.137. The van der Waals surface area contributed by atoms with Crippen molar-refractivity contribution in [1.82, 2.24) is 15.1 Å². The molecule has 1 aromatic heterocycles. The summed E-state index contributed by atoms with van der Waals surface area (Å²) in [7, 11) is -2.85. The molecule has 14 heteroatoms. The molecule has 0 bridgehead atoms. The van der Waals surface area contributed by atoms with Crippen LogP contribution in [0.3, 0.4) is 0 Å². The molecule has 0 aliphatic rings. The molecule has 0 fully saturated rings. The number of hydrogen-bond acceptors (Lipinski definition) is 6. The molecule has 0 saturated heterocycles. The lowest BCUT2D eigenvalue weighted by atomic mass is 9.97. The van der Waals surface area contributed by atoms with Gasteiger partial charge >= 0.3 is 6.18 Å². The minimum absolute atomic E-state index is 0.0620. The Labute approximate surface area is 230 Å². The number of halogens is 3. The Hall–Kier alpha value is -4.07. The van der Waals surface area contributed by atoms with Gasteiger partial charge in [0, 0.05) is 18.3 Å². The summed E-state index contributed by atoms with van der Waals surface area (Å²) < 4.78 is 72.7. The monoisotopic (exact) mass is 581 g/mol. The molecule has 3 rings (SSSR count). The van der Waals surface area contributed by atoms with Gasteiger partial charge in [-0.15, -0.1) is 0 Å². The highest BCUT2D eigenvalue weighted by molar-refractivity contribution is 7.92. The predicted octanol–water partition coefficient (Wildman–Crippen LogP) is 4.61. The van der Waals surface area contributed by atoms with E-state index in [1.54, 1.807) is 13.0 Å². The number of nitrogens with one attached hydrogen (secondary N) is 3. The van der Waals surface area contributed by atoms with Gasteiger partial charge in [0.2, 0.25) is 10.0 Å². The van der Waals surface area contributed by atoms with Crippen LogP contribution in [0, 0.1) is 12.3 Å². The molecular weight excluding hydrogens is 551 g/mol. The summed E-state index contributed by atoms with van der Waals surface area (Å²) >= 11 is 0. The lowest BCUT2D eigenvalue weighted by Crippen LogP contribution is -2.32. The normalized spacial score (nSPS) is 12.1. The fourth-order valence-electron chi connectivity index (χ4n) is 3.59. The highest BCUT2D eigenvalue weighted by atomic mass is 32.2. The number of aromatic nitrogens is 2. The van der Waals surface area contributed by atoms with Crippen molar-refractivity contribution < 1.29 is 35.9 Å². The maximum Gasteiger partial charge on any atom is 0.416 e. The number of aryl methyl sites for hydroxylation is 1. The number of hydrogen-bond donors (Lipinski definition) is 3. The smallest absolute Gasteiger partial charge is 0.416 e. The second kappa shape index (κ2) is 11.2. The van der Waals surface area contributed by atoms with E-state index < -0.39 is 39.0 Å². The average molecular weight is 582 g/mol. The number of rotatable bonds is 8. The Morgan fingerprint density at radius 3 is 2.25 bits per heavy atom. The highest BCUT2D eigenvalue weighted by Gasteiger charge is 2.33. The second-order valence-corrected chi connectivity index (χ2v) is 12.1. The van der Waals surface area contributed by atoms with Crippen molar-refractivity contribution in [3.63, 3.8) is 0 Å². The molecular formula is C26H30F3N5O5S. The number of ether oxygens (including phenoxy) is 1. The zero-order valence-electron chi connectivity index (χ0n) is 22.7. The van der Waals surface area contributed by atoms with Crippen LogP contribution in [0.25, 0.3) is 5.69 Å². The van der Waals surface area contributed by atoms with Crippen LogP contribution in [0.1, 0.15) is 52.6 Å². The van der Waals surface area contributed by atoms with Gasteiger partial charge in [-0.05, 0) is 42.2 Å². The van der Waals surface area contributed by atoms with Crippen molar-refractivity contribution in [1.29, 1.82) is 0 Å². The molecule has 2 amide bonds. The highest BCUT2D eigenvalue weighted by Crippen LogP contribution is 2.41. The van der Waals surface area contributed by atoms with Gasteiger partial charge in [-0.1, -0.05) is 26.8 Å². The van der Waals surface area contributed by atoms with Crippen molar-refractivity contribution >= 4 is 33.2 Å². The molecule has 3 N–H and O–H groups in total. The number of benzene rings is 2. The fourth-order valence-corrected chi connectivity index (χ4v) is 4.14. The maximum absolute atomic E-state index is 13.6. The van der Waals surface area contributed by atoms with Crippen molar-refractivity contribution in [3.8, 4) is 11.4 Å². The van der Waals surface area contributed by atoms with E-state index >= 15 is 0 Å². The topological polar surface area (TPSA) is 131 Å². The average Bonchev–Trinajstić information content (AvgIpc) is 3.30. The van der Waals surface area contributed by atoms with Gasteiger partial charge in [-0.2, -0.15) is 18.3 Å². The molecule has 0 aliphatic heterocycles. The molecule has 0 unspecified atom stereocenters. The van der Waals surface area contributed by atoms with Gasteiger partial charge in [0.05, 0.1) is 47.8 Å². The van der Waals surface area contributed by atoms with Crippen molar-refractivity contribution in [2.45, 2.75) is 33.9 Å². The summed E-state index contributed by atoms with van der Waals surface area (Å²) in [4.78, 5) is 25.7. The molecule has 216 valence electrons. The molecule has 3 aromatic rings. The van der Waals surface area contributed by atoms with Crippen molar-refractivity contribution in [2.75, 3.05) is 29.9 Å². The van der Waals surface area contributed by atoms with Crippen LogP contribution >= 0.6 is 0 Å². The number of sulfonamides is 1. The van der Waals surface area contributed by atoms with Crippen LogP contribution in [-0.4, -0.2) is 49.9 Å². The van der Waals surface area contributed by atoms with Crippen LogP contribution in [0.5, 0.6) is 5.75 Å². The van der Waals surface area contributed by atoms with Gasteiger partial charge in [-0.25, -0.2) is 13.1 Å². The Morgan fingerprint density at radius 2 is 1.68 bits per heavy atom. The van der Waals surface area contributed by atoms with E-state index in [4.69, 9.17) is 4.74 Å². The van der Waals surface area contributed by atoms with Gasteiger partial charge in [-0.3, -0.25) is 14.3 Å². The van der Waals surface area contributed by atoms with Crippen LogP contribution in [0.15, 0.2) is 42.7 Å². The van der Waals surface area contributed by atoms with Crippen LogP contribution < -0.4 is 20.1 Å². The molecule has 0 atom stereocenters. The summed E-state index contributed by atoms with van der Waals surface area (Å²) in [6.07, 6.45) is -1.18. The number of alkyl halides is 3. The molecule has 0 aliphatic carbocycles. The van der Waals surface area contributed by atoms with E-state index in [2.05, 4.69) is 15.7 Å².